The summed E-state index contributed by atoms with van der Waals surface area (Å²) in [4.78, 5) is 6.70. The highest BCUT2D eigenvalue weighted by molar-refractivity contribution is 4.95. The van der Waals surface area contributed by atoms with Crippen molar-refractivity contribution in [3.05, 3.63) is 18.2 Å². The molecule has 0 radical (unpaired) electrons. The first-order valence-corrected chi connectivity index (χ1v) is 5.31. The summed E-state index contributed by atoms with van der Waals surface area (Å²) in [5, 5.41) is 0. The fraction of sp³-hybridized carbons (Fsp3) is 0.700. The monoisotopic (exact) mass is 194 g/mol. The number of aromatic nitrogens is 2. The number of hydrogen-bond acceptors (Lipinski definition) is 3. The topological polar surface area (TPSA) is 47.1 Å². The molecule has 1 fully saturated rings. The van der Waals surface area contributed by atoms with Crippen LogP contribution in [0, 0.1) is 0 Å². The summed E-state index contributed by atoms with van der Waals surface area (Å²) < 4.78 is 2.13. The van der Waals surface area contributed by atoms with Gasteiger partial charge in [-0.05, 0) is 25.9 Å². The quantitative estimate of drug-likeness (QED) is 0.756. The van der Waals surface area contributed by atoms with Crippen molar-refractivity contribution in [3.63, 3.8) is 0 Å². The maximum absolute atomic E-state index is 5.50. The van der Waals surface area contributed by atoms with Crippen LogP contribution in [0.25, 0.3) is 0 Å². The van der Waals surface area contributed by atoms with Crippen LogP contribution in [0.2, 0.25) is 0 Å². The number of nitrogens with two attached hydrogens (primary N) is 1. The van der Waals surface area contributed by atoms with E-state index in [9.17, 15) is 0 Å². The third-order valence-corrected chi connectivity index (χ3v) is 2.77. The zero-order valence-electron chi connectivity index (χ0n) is 8.52. The molecule has 0 unspecified atom stereocenters. The molecular weight excluding hydrogens is 176 g/mol. The van der Waals surface area contributed by atoms with E-state index in [0.29, 0.717) is 6.54 Å². The van der Waals surface area contributed by atoms with Crippen molar-refractivity contribution in [1.82, 2.24) is 14.5 Å². The van der Waals surface area contributed by atoms with Gasteiger partial charge >= 0.3 is 0 Å². The molecule has 0 aromatic carbocycles. The van der Waals surface area contributed by atoms with Crippen molar-refractivity contribution >= 4 is 0 Å². The predicted octanol–water partition coefficient (Wildman–Crippen LogP) is 0.438. The van der Waals surface area contributed by atoms with E-state index >= 15 is 0 Å². The third kappa shape index (κ3) is 2.33. The van der Waals surface area contributed by atoms with Gasteiger partial charge in [0.25, 0.3) is 0 Å². The second kappa shape index (κ2) is 4.57. The predicted molar refractivity (Wildman–Crippen MR) is 55.8 cm³/mol. The van der Waals surface area contributed by atoms with Gasteiger partial charge in [0.15, 0.2) is 0 Å². The standard InChI is InChI=1S/C10H18N4/c11-7-10-8-14(9-12-10)6-5-13-3-1-2-4-13/h8-9H,1-7,11H2. The first-order chi connectivity index (χ1) is 6.88. The average molecular weight is 194 g/mol. The molecule has 14 heavy (non-hydrogen) atoms. The molecule has 0 spiro atoms. The van der Waals surface area contributed by atoms with E-state index in [4.69, 9.17) is 5.73 Å². The molecule has 4 nitrogen and oxygen atoms in total. The van der Waals surface area contributed by atoms with Crippen molar-refractivity contribution in [1.29, 1.82) is 0 Å². The molecule has 2 rings (SSSR count). The molecule has 0 bridgehead atoms. The van der Waals surface area contributed by atoms with Gasteiger partial charge in [0.1, 0.15) is 0 Å². The van der Waals surface area contributed by atoms with Crippen LogP contribution in [0.1, 0.15) is 18.5 Å². The molecule has 0 atom stereocenters. The number of hydrogen-bond donors (Lipinski definition) is 1. The maximum atomic E-state index is 5.50. The Morgan fingerprint density at radius 1 is 1.29 bits per heavy atom. The molecule has 0 amide bonds. The third-order valence-electron chi connectivity index (χ3n) is 2.77. The van der Waals surface area contributed by atoms with Crippen LogP contribution in [0.3, 0.4) is 0 Å². The lowest BCUT2D eigenvalue weighted by atomic mass is 10.4. The number of likely N-dealkylation sites (tertiary alicyclic amines) is 1. The molecule has 2 N–H and O–H groups in total. The van der Waals surface area contributed by atoms with Gasteiger partial charge < -0.3 is 15.2 Å². The first kappa shape index (κ1) is 9.68. The van der Waals surface area contributed by atoms with Gasteiger partial charge in [-0.2, -0.15) is 0 Å². The van der Waals surface area contributed by atoms with Gasteiger partial charge in [-0.1, -0.05) is 0 Å². The van der Waals surface area contributed by atoms with Crippen molar-refractivity contribution in [2.75, 3.05) is 19.6 Å². The van der Waals surface area contributed by atoms with E-state index in [2.05, 4.69) is 14.5 Å². The van der Waals surface area contributed by atoms with E-state index < -0.39 is 0 Å². The molecule has 1 saturated heterocycles. The van der Waals surface area contributed by atoms with Crippen molar-refractivity contribution < 1.29 is 0 Å². The first-order valence-electron chi connectivity index (χ1n) is 5.31. The Labute approximate surface area is 84.7 Å². The maximum Gasteiger partial charge on any atom is 0.0950 e. The largest absolute Gasteiger partial charge is 0.336 e. The van der Waals surface area contributed by atoms with Crippen LogP contribution >= 0.6 is 0 Å². The molecule has 78 valence electrons. The van der Waals surface area contributed by atoms with Crippen LogP contribution in [0.15, 0.2) is 12.5 Å². The Bertz CT molecular complexity index is 275. The molecule has 0 saturated carbocycles. The summed E-state index contributed by atoms with van der Waals surface area (Å²) in [5.41, 5.74) is 6.47. The molecule has 1 aliphatic rings. The lowest BCUT2D eigenvalue weighted by molar-refractivity contribution is 0.322. The van der Waals surface area contributed by atoms with E-state index in [1.54, 1.807) is 0 Å². The van der Waals surface area contributed by atoms with Crippen LogP contribution in [-0.4, -0.2) is 34.1 Å². The minimum Gasteiger partial charge on any atom is -0.336 e. The van der Waals surface area contributed by atoms with E-state index in [1.165, 1.54) is 25.9 Å². The fourth-order valence-corrected chi connectivity index (χ4v) is 1.90. The van der Waals surface area contributed by atoms with Gasteiger partial charge in [-0.25, -0.2) is 4.98 Å². The van der Waals surface area contributed by atoms with Gasteiger partial charge in [0.2, 0.25) is 0 Å². The molecule has 4 heteroatoms. The lowest BCUT2D eigenvalue weighted by Crippen LogP contribution is -2.23. The van der Waals surface area contributed by atoms with Crippen LogP contribution in [0.4, 0.5) is 0 Å². The highest BCUT2D eigenvalue weighted by atomic mass is 15.2. The van der Waals surface area contributed by atoms with Crippen molar-refractivity contribution in [3.8, 4) is 0 Å². The summed E-state index contributed by atoms with van der Waals surface area (Å²) in [6.07, 6.45) is 6.63. The van der Waals surface area contributed by atoms with Gasteiger partial charge in [0.05, 0.1) is 12.0 Å². The summed E-state index contributed by atoms with van der Waals surface area (Å²) in [5.74, 6) is 0. The zero-order chi connectivity index (χ0) is 9.80. The molecule has 1 aromatic rings. The summed E-state index contributed by atoms with van der Waals surface area (Å²) in [6.45, 7) is 5.24. The van der Waals surface area contributed by atoms with Crippen molar-refractivity contribution in [2.24, 2.45) is 5.73 Å². The summed E-state index contributed by atoms with van der Waals surface area (Å²) in [6, 6.07) is 0. The van der Waals surface area contributed by atoms with Crippen LogP contribution in [-0.2, 0) is 13.1 Å². The second-order valence-corrected chi connectivity index (χ2v) is 3.86. The number of rotatable bonds is 4. The van der Waals surface area contributed by atoms with Crippen LogP contribution in [0.5, 0.6) is 0 Å². The van der Waals surface area contributed by atoms with Gasteiger partial charge in [-0.3, -0.25) is 0 Å². The second-order valence-electron chi connectivity index (χ2n) is 3.86. The smallest absolute Gasteiger partial charge is 0.0950 e. The Morgan fingerprint density at radius 2 is 2.07 bits per heavy atom. The van der Waals surface area contributed by atoms with Crippen molar-refractivity contribution in [2.45, 2.75) is 25.9 Å². The minimum atomic E-state index is 0.538. The molecule has 1 aliphatic heterocycles. The highest BCUT2D eigenvalue weighted by Crippen LogP contribution is 2.07. The van der Waals surface area contributed by atoms with Gasteiger partial charge in [0, 0.05) is 25.8 Å². The number of imidazole rings is 1. The Balaban J connectivity index is 1.79. The lowest BCUT2D eigenvalue weighted by Gasteiger charge is -2.14. The zero-order valence-corrected chi connectivity index (χ0v) is 8.52. The minimum absolute atomic E-state index is 0.538. The molecule has 1 aromatic heterocycles. The van der Waals surface area contributed by atoms with Crippen LogP contribution < -0.4 is 5.73 Å². The van der Waals surface area contributed by atoms with E-state index in [1.807, 2.05) is 12.5 Å². The SMILES string of the molecule is NCc1cn(CCN2CCCC2)cn1. The number of nitrogens with zero attached hydrogens (tertiary/aromatic N) is 3. The van der Waals surface area contributed by atoms with Gasteiger partial charge in [-0.15, -0.1) is 0 Å². The highest BCUT2D eigenvalue weighted by Gasteiger charge is 2.10. The fourth-order valence-electron chi connectivity index (χ4n) is 1.90. The molecule has 0 aliphatic carbocycles. The summed E-state index contributed by atoms with van der Waals surface area (Å²) >= 11 is 0. The summed E-state index contributed by atoms with van der Waals surface area (Å²) in [7, 11) is 0. The van der Waals surface area contributed by atoms with E-state index in [-0.39, 0.29) is 0 Å². The molecule has 2 heterocycles. The Kier molecular flexibility index (Phi) is 3.16. The van der Waals surface area contributed by atoms with E-state index in [0.717, 1.165) is 18.8 Å². The Morgan fingerprint density at radius 3 is 2.71 bits per heavy atom. The normalized spacial score (nSPS) is 17.8. The Hall–Kier alpha value is -0.870. The molecular formula is C10H18N4. The average Bonchev–Trinajstić information content (AvgIpc) is 2.86.